The fourth-order valence-electron chi connectivity index (χ4n) is 2.63. The lowest BCUT2D eigenvalue weighted by molar-refractivity contribution is 0.407. The van der Waals surface area contributed by atoms with Gasteiger partial charge in [0.2, 0.25) is 0 Å². The van der Waals surface area contributed by atoms with Crippen LogP contribution in [-0.2, 0) is 0 Å². The molecule has 0 fully saturated rings. The summed E-state index contributed by atoms with van der Waals surface area (Å²) in [7, 11) is 1.68. The standard InChI is InChI=1S/C14H21N3O/c1-4-9-14(2)10-16-13(15)17(14)11-7-5-6-8-12(11)18-3/h5-8H,4,9-10H2,1-3H3,(H2,15,16). The van der Waals surface area contributed by atoms with Crippen LogP contribution < -0.4 is 15.4 Å². The van der Waals surface area contributed by atoms with E-state index in [1.165, 1.54) is 0 Å². The molecule has 4 heteroatoms. The molecule has 0 amide bonds. The summed E-state index contributed by atoms with van der Waals surface area (Å²) in [4.78, 5) is 6.51. The largest absolute Gasteiger partial charge is 0.495 e. The summed E-state index contributed by atoms with van der Waals surface area (Å²) in [6.07, 6.45) is 2.15. The molecular formula is C14H21N3O. The summed E-state index contributed by atoms with van der Waals surface area (Å²) in [5, 5.41) is 0. The van der Waals surface area contributed by atoms with Crippen molar-refractivity contribution in [1.29, 1.82) is 0 Å². The molecule has 0 bridgehead atoms. The van der Waals surface area contributed by atoms with Gasteiger partial charge >= 0.3 is 0 Å². The minimum absolute atomic E-state index is 0.0481. The lowest BCUT2D eigenvalue weighted by atomic mass is 9.94. The SMILES string of the molecule is CCCC1(C)CN=C(N)N1c1ccccc1OC. The van der Waals surface area contributed by atoms with Crippen molar-refractivity contribution in [3.8, 4) is 5.75 Å². The Kier molecular flexibility index (Phi) is 3.45. The molecule has 0 radical (unpaired) electrons. The maximum Gasteiger partial charge on any atom is 0.196 e. The first-order valence-electron chi connectivity index (χ1n) is 6.35. The van der Waals surface area contributed by atoms with E-state index >= 15 is 0 Å². The number of anilines is 1. The lowest BCUT2D eigenvalue weighted by Crippen LogP contribution is -2.50. The second-order valence-electron chi connectivity index (χ2n) is 4.93. The number of aliphatic imine (C=N–C) groups is 1. The fraction of sp³-hybridized carbons (Fsp3) is 0.500. The van der Waals surface area contributed by atoms with Crippen LogP contribution in [0.1, 0.15) is 26.7 Å². The van der Waals surface area contributed by atoms with Crippen LogP contribution in [0.4, 0.5) is 5.69 Å². The summed E-state index contributed by atoms with van der Waals surface area (Å²) in [6.45, 7) is 5.12. The predicted molar refractivity (Wildman–Crippen MR) is 75.3 cm³/mol. The second-order valence-corrected chi connectivity index (χ2v) is 4.93. The van der Waals surface area contributed by atoms with Crippen LogP contribution in [0, 0.1) is 0 Å². The molecule has 1 heterocycles. The van der Waals surface area contributed by atoms with Crippen molar-refractivity contribution >= 4 is 11.6 Å². The molecule has 4 nitrogen and oxygen atoms in total. The van der Waals surface area contributed by atoms with E-state index in [-0.39, 0.29) is 5.54 Å². The zero-order valence-electron chi connectivity index (χ0n) is 11.3. The van der Waals surface area contributed by atoms with Crippen LogP contribution in [0.3, 0.4) is 0 Å². The number of guanidine groups is 1. The molecule has 1 aliphatic heterocycles. The van der Waals surface area contributed by atoms with Gasteiger partial charge in [-0.3, -0.25) is 4.99 Å². The highest BCUT2D eigenvalue weighted by atomic mass is 16.5. The van der Waals surface area contributed by atoms with Gasteiger partial charge < -0.3 is 15.4 Å². The number of hydrogen-bond acceptors (Lipinski definition) is 4. The summed E-state index contributed by atoms with van der Waals surface area (Å²) >= 11 is 0. The van der Waals surface area contributed by atoms with Gasteiger partial charge in [-0.2, -0.15) is 0 Å². The summed E-state index contributed by atoms with van der Waals surface area (Å²) < 4.78 is 5.43. The van der Waals surface area contributed by atoms with Crippen molar-refractivity contribution in [3.05, 3.63) is 24.3 Å². The molecule has 1 unspecified atom stereocenters. The first-order chi connectivity index (χ1) is 8.62. The third-order valence-electron chi connectivity index (χ3n) is 3.47. The lowest BCUT2D eigenvalue weighted by Gasteiger charge is -2.36. The minimum atomic E-state index is -0.0481. The van der Waals surface area contributed by atoms with Gasteiger partial charge in [-0.05, 0) is 25.5 Å². The van der Waals surface area contributed by atoms with Crippen LogP contribution >= 0.6 is 0 Å². The first kappa shape index (κ1) is 12.7. The Morgan fingerprint density at radius 3 is 2.83 bits per heavy atom. The highest BCUT2D eigenvalue weighted by Gasteiger charge is 2.39. The molecule has 1 atom stereocenters. The van der Waals surface area contributed by atoms with Crippen molar-refractivity contribution in [2.45, 2.75) is 32.2 Å². The number of rotatable bonds is 4. The molecule has 0 aliphatic carbocycles. The minimum Gasteiger partial charge on any atom is -0.495 e. The normalized spacial score (nSPS) is 23.1. The quantitative estimate of drug-likeness (QED) is 0.888. The Labute approximate surface area is 108 Å². The van der Waals surface area contributed by atoms with Gasteiger partial charge in [0.25, 0.3) is 0 Å². The van der Waals surface area contributed by atoms with E-state index in [4.69, 9.17) is 10.5 Å². The highest BCUT2D eigenvalue weighted by molar-refractivity contribution is 5.99. The summed E-state index contributed by atoms with van der Waals surface area (Å²) in [5.74, 6) is 1.41. The van der Waals surface area contributed by atoms with E-state index in [2.05, 4.69) is 23.7 Å². The van der Waals surface area contributed by atoms with Crippen molar-refractivity contribution < 1.29 is 4.74 Å². The number of hydrogen-bond donors (Lipinski definition) is 1. The van der Waals surface area contributed by atoms with Crippen molar-refractivity contribution in [1.82, 2.24) is 0 Å². The third kappa shape index (κ3) is 2.03. The molecule has 1 aliphatic rings. The van der Waals surface area contributed by atoms with Crippen molar-refractivity contribution in [2.24, 2.45) is 10.7 Å². The number of methoxy groups -OCH3 is 1. The zero-order chi connectivity index (χ0) is 13.2. The second kappa shape index (κ2) is 4.88. The van der Waals surface area contributed by atoms with Gasteiger partial charge in [-0.15, -0.1) is 0 Å². The van der Waals surface area contributed by atoms with Crippen molar-refractivity contribution in [3.63, 3.8) is 0 Å². The summed E-state index contributed by atoms with van der Waals surface area (Å²) in [5.41, 5.74) is 7.01. The zero-order valence-corrected chi connectivity index (χ0v) is 11.3. The van der Waals surface area contributed by atoms with Gasteiger partial charge in [-0.1, -0.05) is 25.5 Å². The monoisotopic (exact) mass is 247 g/mol. The number of ether oxygens (including phenoxy) is 1. The molecular weight excluding hydrogens is 226 g/mol. The molecule has 2 N–H and O–H groups in total. The van der Waals surface area contributed by atoms with Crippen LogP contribution in [0.2, 0.25) is 0 Å². The average molecular weight is 247 g/mol. The molecule has 98 valence electrons. The maximum atomic E-state index is 6.06. The molecule has 0 aromatic heterocycles. The number of benzene rings is 1. The molecule has 1 aromatic rings. The average Bonchev–Trinajstić information content (AvgIpc) is 2.65. The van der Waals surface area contributed by atoms with Gasteiger partial charge in [0, 0.05) is 0 Å². The van der Waals surface area contributed by atoms with Gasteiger partial charge in [0.15, 0.2) is 5.96 Å². The Balaban J connectivity index is 2.43. The number of nitrogens with zero attached hydrogens (tertiary/aromatic N) is 2. The van der Waals surface area contributed by atoms with Gasteiger partial charge in [-0.25, -0.2) is 0 Å². The van der Waals surface area contributed by atoms with E-state index in [1.807, 2.05) is 24.3 Å². The molecule has 2 rings (SSSR count). The van der Waals surface area contributed by atoms with E-state index in [0.717, 1.165) is 30.8 Å². The number of nitrogens with two attached hydrogens (primary N) is 1. The van der Waals surface area contributed by atoms with Crippen LogP contribution in [0.25, 0.3) is 0 Å². The third-order valence-corrected chi connectivity index (χ3v) is 3.47. The van der Waals surface area contributed by atoms with E-state index in [0.29, 0.717) is 5.96 Å². The molecule has 18 heavy (non-hydrogen) atoms. The topological polar surface area (TPSA) is 50.8 Å². The predicted octanol–water partition coefficient (Wildman–Crippen LogP) is 2.39. The Hall–Kier alpha value is -1.71. The van der Waals surface area contributed by atoms with Crippen molar-refractivity contribution in [2.75, 3.05) is 18.6 Å². The maximum absolute atomic E-state index is 6.06. The Bertz CT molecular complexity index is 458. The smallest absolute Gasteiger partial charge is 0.196 e. The molecule has 0 saturated heterocycles. The highest BCUT2D eigenvalue weighted by Crippen LogP contribution is 2.37. The Morgan fingerprint density at radius 1 is 1.44 bits per heavy atom. The van der Waals surface area contributed by atoms with Crippen LogP contribution in [0.5, 0.6) is 5.75 Å². The molecule has 0 saturated carbocycles. The fourth-order valence-corrected chi connectivity index (χ4v) is 2.63. The van der Waals surface area contributed by atoms with Gasteiger partial charge in [0.1, 0.15) is 5.75 Å². The Morgan fingerprint density at radius 2 is 2.17 bits per heavy atom. The van der Waals surface area contributed by atoms with Crippen LogP contribution in [0.15, 0.2) is 29.3 Å². The number of para-hydroxylation sites is 2. The molecule has 1 aromatic carbocycles. The molecule has 0 spiro atoms. The van der Waals surface area contributed by atoms with E-state index < -0.39 is 0 Å². The first-order valence-corrected chi connectivity index (χ1v) is 6.35. The van der Waals surface area contributed by atoms with Gasteiger partial charge in [0.05, 0.1) is 24.9 Å². The van der Waals surface area contributed by atoms with E-state index in [9.17, 15) is 0 Å². The summed E-state index contributed by atoms with van der Waals surface area (Å²) in [6, 6.07) is 7.94. The van der Waals surface area contributed by atoms with Crippen LogP contribution in [-0.4, -0.2) is 25.2 Å². The van der Waals surface area contributed by atoms with E-state index in [1.54, 1.807) is 7.11 Å².